The van der Waals surface area contributed by atoms with E-state index in [0.717, 1.165) is 24.9 Å². The van der Waals surface area contributed by atoms with Crippen molar-refractivity contribution in [2.75, 3.05) is 42.8 Å². The molecule has 6 rings (SSSR count). The predicted molar refractivity (Wildman–Crippen MR) is 161 cm³/mol. The Kier molecular flexibility index (Phi) is 7.75. The number of hydrogen-bond acceptors (Lipinski definition) is 8. The quantitative estimate of drug-likeness (QED) is 0.277. The van der Waals surface area contributed by atoms with Crippen molar-refractivity contribution < 1.29 is 14.3 Å². The van der Waals surface area contributed by atoms with E-state index in [9.17, 15) is 9.59 Å². The van der Waals surface area contributed by atoms with Crippen LogP contribution in [-0.2, 0) is 9.53 Å². The second-order valence-corrected chi connectivity index (χ2v) is 11.2. The van der Waals surface area contributed by atoms with E-state index in [1.807, 2.05) is 41.8 Å². The topological polar surface area (TPSA) is 140 Å². The van der Waals surface area contributed by atoms with Crippen molar-refractivity contribution in [2.24, 2.45) is 5.92 Å². The third kappa shape index (κ3) is 5.78. The number of hydrogen-bond donors (Lipinski definition) is 3. The fraction of sp³-hybridized carbons (Fsp3) is 0.387. The van der Waals surface area contributed by atoms with Gasteiger partial charge in [0.1, 0.15) is 22.8 Å². The summed E-state index contributed by atoms with van der Waals surface area (Å²) in [5.74, 6) is 1.83. The Morgan fingerprint density at radius 3 is 2.69 bits per heavy atom. The van der Waals surface area contributed by atoms with E-state index in [1.165, 1.54) is 18.4 Å². The molecule has 2 aliphatic rings. The molecule has 2 amide bonds. The number of amides is 2. The summed E-state index contributed by atoms with van der Waals surface area (Å²) in [7, 11) is 1.63. The van der Waals surface area contributed by atoms with Gasteiger partial charge in [0.2, 0.25) is 11.9 Å². The van der Waals surface area contributed by atoms with Gasteiger partial charge in [0.05, 0.1) is 12.5 Å². The molecule has 1 aromatic carbocycles. The van der Waals surface area contributed by atoms with Gasteiger partial charge in [-0.3, -0.25) is 14.0 Å². The van der Waals surface area contributed by atoms with Gasteiger partial charge in [-0.2, -0.15) is 0 Å². The number of fused-ring (bicyclic) bond motifs is 1. The summed E-state index contributed by atoms with van der Waals surface area (Å²) >= 11 is 0. The third-order valence-electron chi connectivity index (χ3n) is 7.94. The molecule has 4 N–H and O–H groups in total. The molecule has 0 radical (unpaired) electrons. The minimum Gasteiger partial charge on any atom is -0.383 e. The molecule has 11 nitrogen and oxygen atoms in total. The molecule has 4 aromatic rings. The second kappa shape index (κ2) is 11.8. The Morgan fingerprint density at radius 2 is 1.93 bits per heavy atom. The summed E-state index contributed by atoms with van der Waals surface area (Å²) in [6.45, 7) is 3.72. The summed E-state index contributed by atoms with van der Waals surface area (Å²) in [5, 5.41) is 5.97. The Morgan fingerprint density at radius 1 is 1.12 bits per heavy atom. The lowest BCUT2D eigenvalue weighted by Crippen LogP contribution is -2.46. The largest absolute Gasteiger partial charge is 0.383 e. The number of nitrogens with zero attached hydrogens (tertiary/aromatic N) is 5. The lowest BCUT2D eigenvalue weighted by atomic mass is 9.97. The highest BCUT2D eigenvalue weighted by molar-refractivity contribution is 6.04. The zero-order valence-corrected chi connectivity index (χ0v) is 23.9. The van der Waals surface area contributed by atoms with Gasteiger partial charge in [-0.1, -0.05) is 12.1 Å². The summed E-state index contributed by atoms with van der Waals surface area (Å²) in [4.78, 5) is 41.7. The number of carbonyl (C=O) groups is 2. The minimum atomic E-state index is -0.226. The van der Waals surface area contributed by atoms with Crippen LogP contribution in [0.1, 0.15) is 54.4 Å². The van der Waals surface area contributed by atoms with Crippen LogP contribution in [0, 0.1) is 5.92 Å². The first-order valence-electron chi connectivity index (χ1n) is 14.5. The van der Waals surface area contributed by atoms with Gasteiger partial charge in [-0.25, -0.2) is 15.0 Å². The molecule has 0 spiro atoms. The Labute approximate surface area is 244 Å². The average molecular weight is 569 g/mol. The normalized spacial score (nSPS) is 17.7. The molecule has 1 saturated heterocycles. The molecule has 1 unspecified atom stereocenters. The van der Waals surface area contributed by atoms with Crippen molar-refractivity contribution >= 4 is 34.9 Å². The van der Waals surface area contributed by atoms with Crippen molar-refractivity contribution in [3.63, 3.8) is 0 Å². The van der Waals surface area contributed by atoms with E-state index in [0.29, 0.717) is 53.4 Å². The highest BCUT2D eigenvalue weighted by Crippen LogP contribution is 2.40. The molecular formula is C31H36N8O3. The highest BCUT2D eigenvalue weighted by atomic mass is 16.5. The zero-order chi connectivity index (χ0) is 29.2. The van der Waals surface area contributed by atoms with E-state index in [1.54, 1.807) is 31.6 Å². The zero-order valence-electron chi connectivity index (χ0n) is 23.9. The van der Waals surface area contributed by atoms with Crippen LogP contribution < -0.4 is 21.3 Å². The molecule has 2 atom stereocenters. The monoisotopic (exact) mass is 568 g/mol. The first-order chi connectivity index (χ1) is 20.4. The maximum absolute atomic E-state index is 13.0. The number of nitrogens with two attached hydrogens (primary N) is 1. The van der Waals surface area contributed by atoms with Crippen LogP contribution in [0.3, 0.4) is 0 Å². The van der Waals surface area contributed by atoms with Crippen LogP contribution >= 0.6 is 0 Å². The van der Waals surface area contributed by atoms with Crippen LogP contribution in [0.5, 0.6) is 0 Å². The summed E-state index contributed by atoms with van der Waals surface area (Å²) in [5.41, 5.74) is 10.3. The molecule has 11 heteroatoms. The molecule has 218 valence electrons. The average Bonchev–Trinajstić information content (AvgIpc) is 3.78. The molecule has 42 heavy (non-hydrogen) atoms. The smallest absolute Gasteiger partial charge is 0.256 e. The van der Waals surface area contributed by atoms with Gasteiger partial charge in [-0.15, -0.1) is 0 Å². The van der Waals surface area contributed by atoms with E-state index in [-0.39, 0.29) is 23.8 Å². The Hall–Kier alpha value is -4.51. The number of carbonyl (C=O) groups excluding carboxylic acids is 2. The third-order valence-corrected chi connectivity index (χ3v) is 7.94. The van der Waals surface area contributed by atoms with Crippen molar-refractivity contribution in [3.8, 4) is 11.3 Å². The lowest BCUT2D eigenvalue weighted by molar-refractivity contribution is -0.126. The number of aromatic nitrogens is 4. The van der Waals surface area contributed by atoms with Crippen LogP contribution in [-0.4, -0.2) is 64.0 Å². The van der Waals surface area contributed by atoms with Crippen LogP contribution in [0.2, 0.25) is 0 Å². The molecule has 4 heterocycles. The number of anilines is 3. The van der Waals surface area contributed by atoms with Crippen molar-refractivity contribution in [3.05, 3.63) is 66.1 Å². The van der Waals surface area contributed by atoms with Gasteiger partial charge >= 0.3 is 0 Å². The fourth-order valence-electron chi connectivity index (χ4n) is 5.65. The minimum absolute atomic E-state index is 0.0230. The van der Waals surface area contributed by atoms with Crippen LogP contribution in [0.4, 0.5) is 17.6 Å². The molecule has 2 fully saturated rings. The van der Waals surface area contributed by atoms with Crippen molar-refractivity contribution in [2.45, 2.75) is 44.6 Å². The number of methoxy groups -OCH3 is 1. The van der Waals surface area contributed by atoms with E-state index >= 15 is 0 Å². The van der Waals surface area contributed by atoms with Gasteiger partial charge in [0.15, 0.2) is 0 Å². The molecule has 1 aliphatic heterocycles. The fourth-order valence-corrected chi connectivity index (χ4v) is 5.65. The van der Waals surface area contributed by atoms with Crippen LogP contribution in [0.25, 0.3) is 16.8 Å². The molecule has 1 saturated carbocycles. The molecule has 0 bridgehead atoms. The Balaban J connectivity index is 1.23. The number of pyridine rings is 1. The van der Waals surface area contributed by atoms with Crippen LogP contribution in [0.15, 0.2) is 55.0 Å². The number of benzene rings is 1. The molecule has 3 aromatic heterocycles. The van der Waals surface area contributed by atoms with Gasteiger partial charge in [0, 0.05) is 56.0 Å². The number of piperidine rings is 1. The van der Waals surface area contributed by atoms with E-state index < -0.39 is 0 Å². The van der Waals surface area contributed by atoms with E-state index in [2.05, 4.69) is 25.5 Å². The van der Waals surface area contributed by atoms with Gasteiger partial charge in [0.25, 0.3) is 5.91 Å². The number of rotatable bonds is 9. The molecule has 1 aliphatic carbocycles. The maximum atomic E-state index is 13.0. The summed E-state index contributed by atoms with van der Waals surface area (Å²) in [6.07, 6.45) is 9.28. The second-order valence-electron chi connectivity index (χ2n) is 11.2. The van der Waals surface area contributed by atoms with Gasteiger partial charge < -0.3 is 26.0 Å². The molecular weight excluding hydrogens is 532 g/mol. The predicted octanol–water partition coefficient (Wildman–Crippen LogP) is 3.87. The Bertz CT molecular complexity index is 1600. The number of imidazole rings is 1. The number of nitrogens with one attached hydrogen (secondary N) is 2. The van der Waals surface area contributed by atoms with E-state index in [4.69, 9.17) is 15.5 Å². The summed E-state index contributed by atoms with van der Waals surface area (Å²) in [6, 6.07) is 11.2. The maximum Gasteiger partial charge on any atom is 0.256 e. The van der Waals surface area contributed by atoms with Crippen molar-refractivity contribution in [1.29, 1.82) is 0 Å². The SMILES string of the molecule is COC[C@H](C)NC(=O)C1CCCN(c2nc(-c3ccc(C(=O)Nc4cc(C5CC5)ccn4)cc3)c3c(N)nccn23)C1. The van der Waals surface area contributed by atoms with Crippen molar-refractivity contribution in [1.82, 2.24) is 24.7 Å². The summed E-state index contributed by atoms with van der Waals surface area (Å²) < 4.78 is 7.10. The van der Waals surface area contributed by atoms with Gasteiger partial charge in [-0.05, 0) is 68.4 Å². The standard InChI is InChI=1S/C31H36N8O3/c1-19(18-42-2)35-30(41)24-4-3-14-38(17-24)31-37-26(27-28(32)34-13-15-39(27)31)21-7-9-22(10-8-21)29(40)36-25-16-23(11-12-33-25)20-5-6-20/h7-13,15-16,19-20,24H,3-6,14,17-18H2,1-2H3,(H2,32,34)(H,35,41)(H,33,36,40)/t19-,24?/m0/s1. The lowest BCUT2D eigenvalue weighted by Gasteiger charge is -2.32. The first kappa shape index (κ1) is 27.6. The highest BCUT2D eigenvalue weighted by Gasteiger charge is 2.30. The number of ether oxygens (including phenoxy) is 1. The number of nitrogen functional groups attached to an aromatic ring is 1. The first-order valence-corrected chi connectivity index (χ1v) is 14.5.